The second-order valence-corrected chi connectivity index (χ2v) is 7.39. The fourth-order valence-electron chi connectivity index (χ4n) is 3.22. The second-order valence-electron chi connectivity index (χ2n) is 6.41. The summed E-state index contributed by atoms with van der Waals surface area (Å²) in [4.78, 5) is 16.9. The van der Waals surface area contributed by atoms with Crippen LogP contribution in [-0.4, -0.2) is 15.3 Å². The molecule has 0 aliphatic rings. The number of nitrogens with zero attached hydrogens (tertiary/aromatic N) is 2. The smallest absolute Gasteiger partial charge is 0.342 e. The molecule has 0 saturated carbocycles. The summed E-state index contributed by atoms with van der Waals surface area (Å²) in [5.41, 5.74) is 1.20. The summed E-state index contributed by atoms with van der Waals surface area (Å²) in [5, 5.41) is 3.34. The Hall–Kier alpha value is -2.93. The minimum atomic E-state index is -4.39. The van der Waals surface area contributed by atoms with Crippen LogP contribution in [0.5, 0.6) is 0 Å². The van der Waals surface area contributed by atoms with Crippen LogP contribution in [-0.2, 0) is 19.1 Å². The van der Waals surface area contributed by atoms with Crippen molar-refractivity contribution in [2.24, 2.45) is 0 Å². The zero-order chi connectivity index (χ0) is 19.7. The van der Waals surface area contributed by atoms with E-state index in [2.05, 4.69) is 4.98 Å². The third-order valence-electron chi connectivity index (χ3n) is 4.49. The van der Waals surface area contributed by atoms with Gasteiger partial charge in [0.05, 0.1) is 12.0 Å². The molecule has 142 valence electrons. The lowest BCUT2D eigenvalue weighted by Crippen LogP contribution is -2.06. The Kier molecular flexibility index (Phi) is 4.77. The molecule has 0 aliphatic carbocycles. The van der Waals surface area contributed by atoms with E-state index in [0.29, 0.717) is 11.1 Å². The largest absolute Gasteiger partial charge is 0.416 e. The number of hydrogen-bond acceptors (Lipinski definition) is 3. The fourth-order valence-corrected chi connectivity index (χ4v) is 3.83. The Morgan fingerprint density at radius 2 is 1.93 bits per heavy atom. The van der Waals surface area contributed by atoms with Crippen LogP contribution < -0.4 is 0 Å². The van der Waals surface area contributed by atoms with Crippen molar-refractivity contribution in [3.05, 3.63) is 88.0 Å². The molecule has 0 unspecified atom stereocenters. The van der Waals surface area contributed by atoms with Crippen molar-refractivity contribution in [2.45, 2.75) is 19.1 Å². The van der Waals surface area contributed by atoms with Crippen molar-refractivity contribution >= 4 is 28.0 Å². The van der Waals surface area contributed by atoms with Crippen molar-refractivity contribution in [2.75, 3.05) is 0 Å². The van der Waals surface area contributed by atoms with Crippen molar-refractivity contribution in [1.29, 1.82) is 0 Å². The van der Waals surface area contributed by atoms with E-state index in [4.69, 9.17) is 0 Å². The number of rotatable bonds is 5. The predicted molar refractivity (Wildman–Crippen MR) is 103 cm³/mol. The van der Waals surface area contributed by atoms with E-state index in [1.54, 1.807) is 18.5 Å². The normalized spacial score (nSPS) is 11.8. The number of benzene rings is 2. The van der Waals surface area contributed by atoms with Gasteiger partial charge in [-0.2, -0.15) is 13.2 Å². The van der Waals surface area contributed by atoms with Crippen LogP contribution in [0.3, 0.4) is 0 Å². The van der Waals surface area contributed by atoms with E-state index in [9.17, 15) is 18.0 Å². The van der Waals surface area contributed by atoms with Gasteiger partial charge in [0.15, 0.2) is 5.78 Å². The minimum Gasteiger partial charge on any atom is -0.342 e. The summed E-state index contributed by atoms with van der Waals surface area (Å²) in [6, 6.07) is 12.7. The van der Waals surface area contributed by atoms with Crippen molar-refractivity contribution in [3.63, 3.8) is 0 Å². The molecule has 0 amide bonds. The molecule has 0 spiro atoms. The molecular formula is C21H15F3N2OS. The van der Waals surface area contributed by atoms with Gasteiger partial charge in [-0.3, -0.25) is 4.79 Å². The van der Waals surface area contributed by atoms with Gasteiger partial charge in [0.25, 0.3) is 0 Å². The van der Waals surface area contributed by atoms with Gasteiger partial charge in [0.1, 0.15) is 5.01 Å². The number of carbonyl (C=O) groups is 1. The number of carbonyl (C=O) groups excluding carboxylic acids is 1. The molecule has 0 radical (unpaired) electrons. The molecule has 4 aromatic rings. The predicted octanol–water partition coefficient (Wildman–Crippen LogP) is 5.59. The molecule has 0 fully saturated rings. The van der Waals surface area contributed by atoms with Crippen LogP contribution in [0.25, 0.3) is 10.9 Å². The molecule has 4 rings (SSSR count). The number of Topliss-reactive ketones (excluding diaryl/α,β-unsaturated/α-hetero) is 1. The molecule has 7 heteroatoms. The van der Waals surface area contributed by atoms with Crippen LogP contribution in [0.2, 0.25) is 0 Å². The summed E-state index contributed by atoms with van der Waals surface area (Å²) in [5.74, 6) is -0.0612. The first kappa shape index (κ1) is 18.4. The molecule has 0 bridgehead atoms. The molecular weight excluding hydrogens is 385 g/mol. The molecule has 2 heterocycles. The molecule has 2 aromatic carbocycles. The lowest BCUT2D eigenvalue weighted by atomic mass is 10.1. The Bertz CT molecular complexity index is 1130. The Morgan fingerprint density at radius 3 is 2.68 bits per heavy atom. The summed E-state index contributed by atoms with van der Waals surface area (Å²) < 4.78 is 40.8. The van der Waals surface area contributed by atoms with E-state index >= 15 is 0 Å². The topological polar surface area (TPSA) is 34.9 Å². The summed E-state index contributed by atoms with van der Waals surface area (Å²) in [6.45, 7) is 0.245. The number of aromatic nitrogens is 2. The van der Waals surface area contributed by atoms with E-state index in [0.717, 1.165) is 28.0 Å². The lowest BCUT2D eigenvalue weighted by molar-refractivity contribution is -0.137. The van der Waals surface area contributed by atoms with Crippen molar-refractivity contribution in [3.8, 4) is 0 Å². The minimum absolute atomic E-state index is 0.0612. The standard InChI is InChI=1S/C21H15F3N2OS/c22-21(23,24)15-5-3-4-14(10-15)12-26-13-17(16-6-1-2-7-18(16)26)19(27)11-20-25-8-9-28-20/h1-10,13H,11-12H2. The van der Waals surface area contributed by atoms with Gasteiger partial charge < -0.3 is 4.57 Å². The van der Waals surface area contributed by atoms with Crippen LogP contribution in [0.4, 0.5) is 13.2 Å². The third-order valence-corrected chi connectivity index (χ3v) is 5.27. The highest BCUT2D eigenvalue weighted by Gasteiger charge is 2.30. The Morgan fingerprint density at radius 1 is 1.11 bits per heavy atom. The van der Waals surface area contributed by atoms with Crippen molar-refractivity contribution in [1.82, 2.24) is 9.55 Å². The summed E-state index contributed by atoms with van der Waals surface area (Å²) in [6.07, 6.45) is -0.802. The zero-order valence-electron chi connectivity index (χ0n) is 14.6. The van der Waals surface area contributed by atoms with Crippen LogP contribution >= 0.6 is 11.3 Å². The second kappa shape index (κ2) is 7.24. The monoisotopic (exact) mass is 400 g/mol. The van der Waals surface area contributed by atoms with Crippen LogP contribution in [0.1, 0.15) is 26.5 Å². The number of hydrogen-bond donors (Lipinski definition) is 0. The highest BCUT2D eigenvalue weighted by molar-refractivity contribution is 7.09. The maximum absolute atomic E-state index is 13.0. The van der Waals surface area contributed by atoms with Gasteiger partial charge in [-0.15, -0.1) is 11.3 Å². The first-order chi connectivity index (χ1) is 13.4. The number of thiazole rings is 1. The number of halogens is 3. The van der Waals surface area contributed by atoms with Gasteiger partial charge in [-0.05, 0) is 23.8 Å². The quantitative estimate of drug-likeness (QED) is 0.409. The van der Waals surface area contributed by atoms with Gasteiger partial charge >= 0.3 is 6.18 Å². The van der Waals surface area contributed by atoms with Crippen molar-refractivity contribution < 1.29 is 18.0 Å². The van der Waals surface area contributed by atoms with Gasteiger partial charge in [-0.25, -0.2) is 4.98 Å². The van der Waals surface area contributed by atoms with E-state index in [-0.39, 0.29) is 18.7 Å². The molecule has 0 atom stereocenters. The van der Waals surface area contributed by atoms with Gasteiger partial charge in [0.2, 0.25) is 0 Å². The molecule has 2 aromatic heterocycles. The highest BCUT2D eigenvalue weighted by atomic mass is 32.1. The van der Waals surface area contributed by atoms with E-state index in [1.165, 1.54) is 17.4 Å². The average Bonchev–Trinajstić information content (AvgIpc) is 3.30. The van der Waals surface area contributed by atoms with E-state index in [1.807, 2.05) is 34.2 Å². The van der Waals surface area contributed by atoms with Gasteiger partial charge in [0, 0.05) is 40.8 Å². The first-order valence-corrected chi connectivity index (χ1v) is 9.45. The number of ketones is 1. The maximum Gasteiger partial charge on any atom is 0.416 e. The fraction of sp³-hybridized carbons (Fsp3) is 0.143. The number of alkyl halides is 3. The molecule has 0 N–H and O–H groups in total. The SMILES string of the molecule is O=C(Cc1nccs1)c1cn(Cc2cccc(C(F)(F)F)c2)c2ccccc12. The zero-order valence-corrected chi connectivity index (χ0v) is 15.4. The third kappa shape index (κ3) is 3.71. The van der Waals surface area contributed by atoms with Crippen LogP contribution in [0, 0.1) is 0 Å². The molecule has 28 heavy (non-hydrogen) atoms. The van der Waals surface area contributed by atoms with Crippen LogP contribution in [0.15, 0.2) is 66.3 Å². The molecule has 0 aliphatic heterocycles. The Balaban J connectivity index is 1.70. The summed E-state index contributed by atoms with van der Waals surface area (Å²) in [7, 11) is 0. The van der Waals surface area contributed by atoms with E-state index < -0.39 is 11.7 Å². The summed E-state index contributed by atoms with van der Waals surface area (Å²) >= 11 is 1.42. The average molecular weight is 400 g/mol. The molecule has 3 nitrogen and oxygen atoms in total. The Labute approximate surface area is 163 Å². The lowest BCUT2D eigenvalue weighted by Gasteiger charge is -2.10. The highest BCUT2D eigenvalue weighted by Crippen LogP contribution is 2.30. The molecule has 0 saturated heterocycles. The maximum atomic E-state index is 13.0. The van der Waals surface area contributed by atoms with Gasteiger partial charge in [-0.1, -0.05) is 30.3 Å². The number of para-hydroxylation sites is 1. The number of fused-ring (bicyclic) bond motifs is 1. The first-order valence-electron chi connectivity index (χ1n) is 8.57.